The lowest BCUT2D eigenvalue weighted by Gasteiger charge is -2.14. The monoisotopic (exact) mass is 310 g/mol. The van der Waals surface area contributed by atoms with E-state index in [9.17, 15) is 4.39 Å². The topological polar surface area (TPSA) is 56.5 Å². The minimum absolute atomic E-state index is 0.246. The standard InChI is InChI=1S/C15H16ClFN2O2/c1-20-14-5-3-4-10(16)9(14)8-19-13-7-15(21-2)12(18)6-11(13)17/h3-7,19H,8,18H2,1-2H3. The van der Waals surface area contributed by atoms with Gasteiger partial charge >= 0.3 is 0 Å². The van der Waals surface area contributed by atoms with Gasteiger partial charge < -0.3 is 20.5 Å². The number of hydrogen-bond acceptors (Lipinski definition) is 4. The van der Waals surface area contributed by atoms with Gasteiger partial charge in [0.25, 0.3) is 0 Å². The Morgan fingerprint density at radius 2 is 1.90 bits per heavy atom. The van der Waals surface area contributed by atoms with Crippen LogP contribution in [-0.4, -0.2) is 14.2 Å². The molecule has 4 nitrogen and oxygen atoms in total. The minimum atomic E-state index is -0.459. The maximum Gasteiger partial charge on any atom is 0.148 e. The second-order valence-corrected chi connectivity index (χ2v) is 4.76. The van der Waals surface area contributed by atoms with Crippen molar-refractivity contribution in [3.8, 4) is 11.5 Å². The van der Waals surface area contributed by atoms with E-state index in [0.717, 1.165) is 5.56 Å². The molecule has 6 heteroatoms. The Morgan fingerprint density at radius 1 is 1.19 bits per heavy atom. The number of methoxy groups -OCH3 is 2. The third-order valence-corrected chi connectivity index (χ3v) is 3.42. The molecule has 0 saturated carbocycles. The van der Waals surface area contributed by atoms with Crippen LogP contribution in [0.3, 0.4) is 0 Å². The van der Waals surface area contributed by atoms with Gasteiger partial charge in [-0.1, -0.05) is 17.7 Å². The van der Waals surface area contributed by atoms with Crippen molar-refractivity contribution in [3.05, 3.63) is 46.7 Å². The van der Waals surface area contributed by atoms with Gasteiger partial charge in [0.15, 0.2) is 0 Å². The Bertz CT molecular complexity index is 650. The average molecular weight is 311 g/mol. The molecule has 0 aromatic heterocycles. The first-order valence-electron chi connectivity index (χ1n) is 6.25. The Balaban J connectivity index is 2.25. The highest BCUT2D eigenvalue weighted by Gasteiger charge is 2.11. The van der Waals surface area contributed by atoms with Crippen molar-refractivity contribution in [2.45, 2.75) is 6.54 Å². The van der Waals surface area contributed by atoms with Crippen molar-refractivity contribution in [1.29, 1.82) is 0 Å². The summed E-state index contributed by atoms with van der Waals surface area (Å²) in [6.45, 7) is 0.312. The molecular weight excluding hydrogens is 295 g/mol. The molecule has 0 spiro atoms. The first kappa shape index (κ1) is 15.3. The molecular formula is C15H16ClFN2O2. The number of hydrogen-bond donors (Lipinski definition) is 2. The van der Waals surface area contributed by atoms with Crippen molar-refractivity contribution in [1.82, 2.24) is 0 Å². The number of nitrogens with one attached hydrogen (secondary N) is 1. The van der Waals surface area contributed by atoms with Crippen molar-refractivity contribution in [2.75, 3.05) is 25.3 Å². The van der Waals surface area contributed by atoms with Gasteiger partial charge in [-0.05, 0) is 12.1 Å². The van der Waals surface area contributed by atoms with Crippen molar-refractivity contribution < 1.29 is 13.9 Å². The third kappa shape index (κ3) is 3.31. The van der Waals surface area contributed by atoms with Crippen LogP contribution in [0.25, 0.3) is 0 Å². The molecule has 3 N–H and O–H groups in total. The van der Waals surface area contributed by atoms with Crippen LogP contribution in [0.5, 0.6) is 11.5 Å². The molecule has 2 aromatic carbocycles. The van der Waals surface area contributed by atoms with Crippen molar-refractivity contribution >= 4 is 23.0 Å². The lowest BCUT2D eigenvalue weighted by atomic mass is 10.2. The maximum absolute atomic E-state index is 13.9. The zero-order chi connectivity index (χ0) is 15.4. The average Bonchev–Trinajstić information content (AvgIpc) is 2.47. The van der Waals surface area contributed by atoms with Crippen LogP contribution in [0.15, 0.2) is 30.3 Å². The Hall–Kier alpha value is -2.14. The predicted molar refractivity (Wildman–Crippen MR) is 82.7 cm³/mol. The van der Waals surface area contributed by atoms with E-state index >= 15 is 0 Å². The summed E-state index contributed by atoms with van der Waals surface area (Å²) in [5.41, 5.74) is 6.92. The fourth-order valence-electron chi connectivity index (χ4n) is 1.97. The van der Waals surface area contributed by atoms with Crippen LogP contribution in [0.4, 0.5) is 15.8 Å². The number of nitrogens with two attached hydrogens (primary N) is 1. The van der Waals surface area contributed by atoms with E-state index in [1.54, 1.807) is 25.3 Å². The maximum atomic E-state index is 13.9. The van der Waals surface area contributed by atoms with Crippen molar-refractivity contribution in [2.24, 2.45) is 0 Å². The van der Waals surface area contributed by atoms with Crippen LogP contribution in [-0.2, 0) is 6.54 Å². The van der Waals surface area contributed by atoms with Crippen LogP contribution >= 0.6 is 11.6 Å². The Kier molecular flexibility index (Phi) is 4.75. The van der Waals surface area contributed by atoms with Crippen LogP contribution in [0.2, 0.25) is 5.02 Å². The number of nitrogen functional groups attached to an aromatic ring is 1. The van der Waals surface area contributed by atoms with Gasteiger partial charge in [0.1, 0.15) is 17.3 Å². The van der Waals surface area contributed by atoms with Gasteiger partial charge in [-0.2, -0.15) is 0 Å². The molecule has 112 valence electrons. The summed E-state index contributed by atoms with van der Waals surface area (Å²) < 4.78 is 24.2. The Morgan fingerprint density at radius 3 is 2.57 bits per heavy atom. The summed E-state index contributed by atoms with van der Waals surface area (Å²) in [6, 6.07) is 8.06. The smallest absolute Gasteiger partial charge is 0.148 e. The molecule has 0 bridgehead atoms. The summed E-state index contributed by atoms with van der Waals surface area (Å²) >= 11 is 6.14. The van der Waals surface area contributed by atoms with E-state index in [-0.39, 0.29) is 11.4 Å². The van der Waals surface area contributed by atoms with E-state index < -0.39 is 5.82 Å². The first-order valence-corrected chi connectivity index (χ1v) is 6.63. The van der Waals surface area contributed by atoms with E-state index in [0.29, 0.717) is 23.1 Å². The highest BCUT2D eigenvalue weighted by molar-refractivity contribution is 6.31. The number of ether oxygens (including phenoxy) is 2. The fraction of sp³-hybridized carbons (Fsp3) is 0.200. The molecule has 0 aliphatic heterocycles. The van der Waals surface area contributed by atoms with E-state index in [1.807, 2.05) is 0 Å². The minimum Gasteiger partial charge on any atom is -0.496 e. The van der Waals surface area contributed by atoms with Crippen LogP contribution in [0.1, 0.15) is 5.56 Å². The zero-order valence-corrected chi connectivity index (χ0v) is 12.5. The quantitative estimate of drug-likeness (QED) is 0.827. The summed E-state index contributed by atoms with van der Waals surface area (Å²) in [4.78, 5) is 0. The van der Waals surface area contributed by atoms with E-state index in [1.165, 1.54) is 19.2 Å². The molecule has 0 saturated heterocycles. The largest absolute Gasteiger partial charge is 0.496 e. The molecule has 0 amide bonds. The summed E-state index contributed by atoms with van der Waals surface area (Å²) in [5.74, 6) is 0.585. The lowest BCUT2D eigenvalue weighted by molar-refractivity contribution is 0.410. The molecule has 0 heterocycles. The van der Waals surface area contributed by atoms with Gasteiger partial charge in [-0.15, -0.1) is 0 Å². The Labute approximate surface area is 127 Å². The molecule has 21 heavy (non-hydrogen) atoms. The molecule has 2 rings (SSSR count). The molecule has 0 atom stereocenters. The third-order valence-electron chi connectivity index (χ3n) is 3.07. The van der Waals surface area contributed by atoms with Gasteiger partial charge in [-0.25, -0.2) is 4.39 Å². The van der Waals surface area contributed by atoms with Crippen LogP contribution in [0, 0.1) is 5.82 Å². The number of anilines is 2. The van der Waals surface area contributed by atoms with Gasteiger partial charge in [0, 0.05) is 29.3 Å². The number of rotatable bonds is 5. The molecule has 0 aliphatic rings. The van der Waals surface area contributed by atoms with Gasteiger partial charge in [-0.3, -0.25) is 0 Å². The number of benzene rings is 2. The number of halogens is 2. The second-order valence-electron chi connectivity index (χ2n) is 4.35. The summed E-state index contributed by atoms with van der Waals surface area (Å²) in [7, 11) is 3.03. The summed E-state index contributed by atoms with van der Waals surface area (Å²) in [6.07, 6.45) is 0. The highest BCUT2D eigenvalue weighted by Crippen LogP contribution is 2.31. The second kappa shape index (κ2) is 6.54. The van der Waals surface area contributed by atoms with E-state index in [4.69, 9.17) is 26.8 Å². The highest BCUT2D eigenvalue weighted by atomic mass is 35.5. The fourth-order valence-corrected chi connectivity index (χ4v) is 2.20. The van der Waals surface area contributed by atoms with Crippen LogP contribution < -0.4 is 20.5 Å². The van der Waals surface area contributed by atoms with E-state index in [2.05, 4.69) is 5.32 Å². The normalized spacial score (nSPS) is 10.3. The molecule has 2 aromatic rings. The predicted octanol–water partition coefficient (Wildman–Crippen LogP) is 3.69. The lowest BCUT2D eigenvalue weighted by Crippen LogP contribution is -2.05. The zero-order valence-electron chi connectivity index (χ0n) is 11.7. The summed E-state index contributed by atoms with van der Waals surface area (Å²) in [5, 5.41) is 3.52. The molecule has 0 radical (unpaired) electrons. The van der Waals surface area contributed by atoms with Crippen molar-refractivity contribution in [3.63, 3.8) is 0 Å². The first-order chi connectivity index (χ1) is 10.1. The SMILES string of the molecule is COc1cc(NCc2c(Cl)cccc2OC)c(F)cc1N. The van der Waals surface area contributed by atoms with Gasteiger partial charge in [0.05, 0.1) is 25.6 Å². The van der Waals surface area contributed by atoms with Gasteiger partial charge in [0.2, 0.25) is 0 Å². The molecule has 0 unspecified atom stereocenters. The molecule has 0 aliphatic carbocycles. The molecule has 0 fully saturated rings.